The van der Waals surface area contributed by atoms with Crippen molar-refractivity contribution in [1.29, 1.82) is 0 Å². The van der Waals surface area contributed by atoms with Crippen LogP contribution in [0.2, 0.25) is 0 Å². The molecule has 1 saturated heterocycles. The largest absolute Gasteiger partial charge is 0.330 e. The molecule has 1 atom stereocenters. The number of hydrogen-bond donors (Lipinski definition) is 2. The summed E-state index contributed by atoms with van der Waals surface area (Å²) < 4.78 is 0. The third-order valence-corrected chi connectivity index (χ3v) is 4.98. The van der Waals surface area contributed by atoms with Crippen LogP contribution in [0, 0.1) is 5.41 Å². The molecule has 2 fully saturated rings. The van der Waals surface area contributed by atoms with Gasteiger partial charge in [0, 0.05) is 31.7 Å². The molecule has 0 spiro atoms. The fraction of sp³-hybridized carbons (Fsp3) is 1.00. The van der Waals surface area contributed by atoms with E-state index in [0.717, 1.165) is 19.1 Å². The van der Waals surface area contributed by atoms with Gasteiger partial charge in [-0.15, -0.1) is 0 Å². The Labute approximate surface area is 106 Å². The Morgan fingerprint density at radius 2 is 1.94 bits per heavy atom. The van der Waals surface area contributed by atoms with Crippen molar-refractivity contribution in [2.24, 2.45) is 11.1 Å². The van der Waals surface area contributed by atoms with Gasteiger partial charge in [0.05, 0.1) is 0 Å². The molecule has 1 unspecified atom stereocenters. The summed E-state index contributed by atoms with van der Waals surface area (Å²) in [4.78, 5) is 2.67. The molecule has 2 aliphatic rings. The highest BCUT2D eigenvalue weighted by Gasteiger charge is 2.35. The Morgan fingerprint density at radius 1 is 1.24 bits per heavy atom. The van der Waals surface area contributed by atoms with Gasteiger partial charge < -0.3 is 11.1 Å². The summed E-state index contributed by atoms with van der Waals surface area (Å²) in [5, 5.41) is 3.77. The molecule has 3 N–H and O–H groups in total. The van der Waals surface area contributed by atoms with E-state index in [4.69, 9.17) is 5.73 Å². The van der Waals surface area contributed by atoms with Crippen LogP contribution in [0.15, 0.2) is 0 Å². The second-order valence-electron chi connectivity index (χ2n) is 6.00. The predicted molar refractivity (Wildman–Crippen MR) is 73.1 cm³/mol. The summed E-state index contributed by atoms with van der Waals surface area (Å²) in [5.41, 5.74) is 6.28. The first kappa shape index (κ1) is 13.3. The van der Waals surface area contributed by atoms with Gasteiger partial charge in [0.25, 0.3) is 0 Å². The van der Waals surface area contributed by atoms with Gasteiger partial charge in [-0.3, -0.25) is 4.90 Å². The van der Waals surface area contributed by atoms with Crippen LogP contribution in [0.4, 0.5) is 0 Å². The Hall–Kier alpha value is -0.120. The number of nitrogens with two attached hydrogens (primary N) is 1. The Kier molecular flexibility index (Phi) is 4.45. The van der Waals surface area contributed by atoms with Crippen LogP contribution in [-0.4, -0.2) is 43.2 Å². The highest BCUT2D eigenvalue weighted by Crippen LogP contribution is 2.30. The van der Waals surface area contributed by atoms with E-state index >= 15 is 0 Å². The lowest BCUT2D eigenvalue weighted by atomic mass is 9.82. The predicted octanol–water partition coefficient (Wildman–Crippen LogP) is 1.58. The zero-order valence-corrected chi connectivity index (χ0v) is 11.5. The number of likely N-dealkylation sites (tertiary alicyclic amines) is 1. The van der Waals surface area contributed by atoms with Crippen LogP contribution in [0.25, 0.3) is 0 Å². The summed E-state index contributed by atoms with van der Waals surface area (Å²) in [5.74, 6) is 0. The molecule has 3 nitrogen and oxygen atoms in total. The maximum Gasteiger partial charge on any atom is 0.0207 e. The minimum atomic E-state index is 0.326. The molecule has 0 bridgehead atoms. The Bertz CT molecular complexity index is 225. The topological polar surface area (TPSA) is 41.3 Å². The van der Waals surface area contributed by atoms with E-state index in [1.807, 2.05) is 0 Å². The van der Waals surface area contributed by atoms with Crippen molar-refractivity contribution in [2.75, 3.05) is 26.2 Å². The molecule has 1 heterocycles. The molecule has 0 radical (unpaired) electrons. The van der Waals surface area contributed by atoms with E-state index in [-0.39, 0.29) is 0 Å². The van der Waals surface area contributed by atoms with Gasteiger partial charge >= 0.3 is 0 Å². The number of hydrogen-bond acceptors (Lipinski definition) is 3. The van der Waals surface area contributed by atoms with E-state index in [9.17, 15) is 0 Å². The SMILES string of the molecule is CCC(CC)(CN)CNC1CCN(C2CC2)C1. The van der Waals surface area contributed by atoms with Gasteiger partial charge in [-0.1, -0.05) is 13.8 Å². The lowest BCUT2D eigenvalue weighted by molar-refractivity contribution is 0.243. The molecular formula is C14H29N3. The smallest absolute Gasteiger partial charge is 0.0207 e. The highest BCUT2D eigenvalue weighted by molar-refractivity contribution is 4.93. The van der Waals surface area contributed by atoms with Gasteiger partial charge in [-0.2, -0.15) is 0 Å². The zero-order chi connectivity index (χ0) is 12.3. The second-order valence-corrected chi connectivity index (χ2v) is 6.00. The lowest BCUT2D eigenvalue weighted by Gasteiger charge is -2.32. The van der Waals surface area contributed by atoms with Crippen molar-refractivity contribution in [3.63, 3.8) is 0 Å². The molecular weight excluding hydrogens is 210 g/mol. The summed E-state index contributed by atoms with van der Waals surface area (Å²) in [6, 6.07) is 1.64. The molecule has 2 rings (SSSR count). The summed E-state index contributed by atoms with van der Waals surface area (Å²) >= 11 is 0. The van der Waals surface area contributed by atoms with E-state index in [1.54, 1.807) is 0 Å². The highest BCUT2D eigenvalue weighted by atomic mass is 15.2. The average molecular weight is 239 g/mol. The van der Waals surface area contributed by atoms with Crippen molar-refractivity contribution in [1.82, 2.24) is 10.2 Å². The maximum absolute atomic E-state index is 5.95. The van der Waals surface area contributed by atoms with Gasteiger partial charge in [-0.05, 0) is 44.1 Å². The molecule has 1 saturated carbocycles. The van der Waals surface area contributed by atoms with Crippen LogP contribution in [-0.2, 0) is 0 Å². The first-order valence-electron chi connectivity index (χ1n) is 7.40. The molecule has 0 amide bonds. The quantitative estimate of drug-likeness (QED) is 0.709. The van der Waals surface area contributed by atoms with E-state index in [1.165, 1.54) is 45.2 Å². The lowest BCUT2D eigenvalue weighted by Crippen LogP contribution is -2.44. The molecule has 0 aromatic heterocycles. The summed E-state index contributed by atoms with van der Waals surface area (Å²) in [6.45, 7) is 9.01. The Morgan fingerprint density at radius 3 is 2.47 bits per heavy atom. The van der Waals surface area contributed by atoms with Crippen LogP contribution in [0.5, 0.6) is 0 Å². The first-order valence-corrected chi connectivity index (χ1v) is 7.40. The van der Waals surface area contributed by atoms with Crippen LogP contribution < -0.4 is 11.1 Å². The number of rotatable bonds is 7. The molecule has 17 heavy (non-hydrogen) atoms. The first-order chi connectivity index (χ1) is 8.23. The maximum atomic E-state index is 5.95. The van der Waals surface area contributed by atoms with Crippen LogP contribution >= 0.6 is 0 Å². The van der Waals surface area contributed by atoms with Crippen LogP contribution in [0.1, 0.15) is 46.0 Å². The molecule has 1 aliphatic carbocycles. The van der Waals surface area contributed by atoms with Crippen molar-refractivity contribution < 1.29 is 0 Å². The fourth-order valence-corrected chi connectivity index (χ4v) is 2.95. The van der Waals surface area contributed by atoms with E-state index in [0.29, 0.717) is 11.5 Å². The van der Waals surface area contributed by atoms with Gasteiger partial charge in [0.2, 0.25) is 0 Å². The molecule has 0 aromatic carbocycles. The summed E-state index contributed by atoms with van der Waals surface area (Å²) in [7, 11) is 0. The number of nitrogens with one attached hydrogen (secondary N) is 1. The van der Waals surface area contributed by atoms with E-state index in [2.05, 4.69) is 24.1 Å². The number of nitrogens with zero attached hydrogens (tertiary/aromatic N) is 1. The van der Waals surface area contributed by atoms with Crippen molar-refractivity contribution in [2.45, 2.75) is 58.0 Å². The third kappa shape index (κ3) is 3.21. The van der Waals surface area contributed by atoms with Gasteiger partial charge in [0.15, 0.2) is 0 Å². The third-order valence-electron chi connectivity index (χ3n) is 4.98. The zero-order valence-electron chi connectivity index (χ0n) is 11.5. The molecule has 3 heteroatoms. The van der Waals surface area contributed by atoms with Gasteiger partial charge in [-0.25, -0.2) is 0 Å². The molecule has 100 valence electrons. The summed E-state index contributed by atoms with van der Waals surface area (Å²) in [6.07, 6.45) is 6.56. The van der Waals surface area contributed by atoms with Crippen LogP contribution in [0.3, 0.4) is 0 Å². The average Bonchev–Trinajstić information content (AvgIpc) is 3.12. The minimum absolute atomic E-state index is 0.326. The standard InChI is InChI=1S/C14H29N3/c1-3-14(4-2,10-15)11-16-12-7-8-17(9-12)13-5-6-13/h12-13,16H,3-11,15H2,1-2H3. The van der Waals surface area contributed by atoms with Gasteiger partial charge in [0.1, 0.15) is 0 Å². The van der Waals surface area contributed by atoms with Crippen molar-refractivity contribution >= 4 is 0 Å². The molecule has 1 aliphatic heterocycles. The molecule has 0 aromatic rings. The minimum Gasteiger partial charge on any atom is -0.330 e. The van der Waals surface area contributed by atoms with Crippen molar-refractivity contribution in [3.05, 3.63) is 0 Å². The normalized spacial score (nSPS) is 26.6. The fourth-order valence-electron chi connectivity index (χ4n) is 2.95. The Balaban J connectivity index is 1.74. The van der Waals surface area contributed by atoms with E-state index < -0.39 is 0 Å². The second kappa shape index (κ2) is 5.68. The van der Waals surface area contributed by atoms with Crippen molar-refractivity contribution in [3.8, 4) is 0 Å². The monoisotopic (exact) mass is 239 g/mol.